The second kappa shape index (κ2) is 37.4. The molecule has 0 aromatic rings. The van der Waals surface area contributed by atoms with Gasteiger partial charge in [0.1, 0.15) is 12.7 Å². The molecule has 51 heavy (non-hydrogen) atoms. The molecule has 0 aromatic heterocycles. The first-order chi connectivity index (χ1) is 24.8. The van der Waals surface area contributed by atoms with Gasteiger partial charge in [0.25, 0.3) is 0 Å². The Labute approximate surface area is 318 Å². The Morgan fingerprint density at radius 3 is 1.51 bits per heavy atom. The Morgan fingerprint density at radius 1 is 0.569 bits per heavy atom. The van der Waals surface area contributed by atoms with Gasteiger partial charge in [0.05, 0.1) is 6.61 Å². The Balaban J connectivity index is 4.37. The lowest BCUT2D eigenvalue weighted by Gasteiger charge is -2.29. The Kier molecular flexibility index (Phi) is 36.8. The molecule has 306 valence electrons. The molecule has 0 fully saturated rings. The molecule has 0 rings (SSSR count). The van der Waals surface area contributed by atoms with Crippen molar-refractivity contribution < 1.29 is 24.1 Å². The molecule has 2 atom stereocenters. The van der Waals surface area contributed by atoms with Crippen molar-refractivity contribution in [3.05, 3.63) is 0 Å². The van der Waals surface area contributed by atoms with Crippen LogP contribution in [0.2, 0.25) is 0 Å². The normalized spacial score (nSPS) is 13.2. The number of hydrogen-bond acceptors (Lipinski definition) is 7. The summed E-state index contributed by atoms with van der Waals surface area (Å²) in [6, 6.07) is 0.409. The van der Waals surface area contributed by atoms with Crippen molar-refractivity contribution in [2.75, 3.05) is 45.9 Å². The number of likely N-dealkylation sites (N-methyl/N-ethyl adjacent to an activating group) is 1. The highest BCUT2D eigenvalue weighted by atomic mass is 16.7. The largest absolute Gasteiger partial charge is 0.508 e. The van der Waals surface area contributed by atoms with Gasteiger partial charge < -0.3 is 24.2 Å². The van der Waals surface area contributed by atoms with Crippen LogP contribution in [0.1, 0.15) is 209 Å². The predicted molar refractivity (Wildman–Crippen MR) is 219 cm³/mol. The molecule has 2 unspecified atom stereocenters. The fourth-order valence-corrected chi connectivity index (χ4v) is 7.03. The molecular weight excluding hydrogens is 636 g/mol. The summed E-state index contributed by atoms with van der Waals surface area (Å²) in [4.78, 5) is 17.5. The van der Waals surface area contributed by atoms with Crippen LogP contribution in [0.15, 0.2) is 0 Å². The van der Waals surface area contributed by atoms with Crippen molar-refractivity contribution in [3.63, 3.8) is 0 Å². The van der Waals surface area contributed by atoms with E-state index >= 15 is 0 Å². The van der Waals surface area contributed by atoms with E-state index in [1.165, 1.54) is 109 Å². The number of rotatable bonds is 39. The molecule has 0 aromatic carbocycles. The molecule has 0 spiro atoms. The van der Waals surface area contributed by atoms with Crippen LogP contribution in [0.4, 0.5) is 4.79 Å². The van der Waals surface area contributed by atoms with E-state index in [2.05, 4.69) is 58.3 Å². The number of aliphatic hydroxyl groups excluding tert-OH is 1. The van der Waals surface area contributed by atoms with Gasteiger partial charge in [-0.3, -0.25) is 4.90 Å². The van der Waals surface area contributed by atoms with E-state index in [1.807, 2.05) is 0 Å². The molecule has 1 N–H and O–H groups in total. The zero-order valence-electron chi connectivity index (χ0n) is 35.4. The molecule has 0 aliphatic carbocycles. The van der Waals surface area contributed by atoms with Crippen LogP contribution < -0.4 is 0 Å². The van der Waals surface area contributed by atoms with Gasteiger partial charge in [0.15, 0.2) is 6.29 Å². The van der Waals surface area contributed by atoms with Crippen molar-refractivity contribution in [3.8, 4) is 0 Å². The van der Waals surface area contributed by atoms with Crippen LogP contribution in [-0.4, -0.2) is 85.4 Å². The third kappa shape index (κ3) is 32.3. The van der Waals surface area contributed by atoms with E-state index < -0.39 is 12.4 Å². The van der Waals surface area contributed by atoms with Crippen LogP contribution >= 0.6 is 0 Å². The molecule has 0 aliphatic rings. The number of carbonyl (C=O) groups is 1. The lowest BCUT2D eigenvalue weighted by Crippen LogP contribution is -2.40. The van der Waals surface area contributed by atoms with Crippen molar-refractivity contribution in [2.45, 2.75) is 227 Å². The first-order valence-electron chi connectivity index (χ1n) is 22.4. The predicted octanol–water partition coefficient (Wildman–Crippen LogP) is 12.3. The average Bonchev–Trinajstić information content (AvgIpc) is 3.12. The highest BCUT2D eigenvalue weighted by Crippen LogP contribution is 2.21. The third-order valence-electron chi connectivity index (χ3n) is 10.8. The zero-order chi connectivity index (χ0) is 37.8. The molecule has 0 heterocycles. The number of aliphatic hydroxyl groups is 1. The maximum atomic E-state index is 12.7. The first-order valence-corrected chi connectivity index (χ1v) is 22.4. The van der Waals surface area contributed by atoms with Gasteiger partial charge in [-0.25, -0.2) is 4.79 Å². The number of nitrogens with zero attached hydrogens (tertiary/aromatic N) is 2. The van der Waals surface area contributed by atoms with Crippen molar-refractivity contribution in [1.82, 2.24) is 9.80 Å². The van der Waals surface area contributed by atoms with E-state index in [1.54, 1.807) is 0 Å². The zero-order valence-corrected chi connectivity index (χ0v) is 35.4. The van der Waals surface area contributed by atoms with Crippen LogP contribution in [0.5, 0.6) is 0 Å². The summed E-state index contributed by atoms with van der Waals surface area (Å²) in [6.07, 6.45) is 28.5. The fourth-order valence-electron chi connectivity index (χ4n) is 7.03. The Morgan fingerprint density at radius 2 is 1.02 bits per heavy atom. The van der Waals surface area contributed by atoms with Gasteiger partial charge in [-0.2, -0.15) is 0 Å². The van der Waals surface area contributed by atoms with E-state index in [0.717, 1.165) is 84.1 Å². The van der Waals surface area contributed by atoms with Gasteiger partial charge in [0.2, 0.25) is 0 Å². The maximum absolute atomic E-state index is 12.7. The van der Waals surface area contributed by atoms with Crippen LogP contribution in [0, 0.1) is 5.92 Å². The lowest BCUT2D eigenvalue weighted by molar-refractivity contribution is -0.115. The minimum absolute atomic E-state index is 0.0537. The molecule has 0 saturated carbocycles. The number of carbonyl (C=O) groups excluding carboxylic acids is 1. The summed E-state index contributed by atoms with van der Waals surface area (Å²) in [6.45, 7) is 21.5. The quantitative estimate of drug-likeness (QED) is 0.0384. The van der Waals surface area contributed by atoms with E-state index in [4.69, 9.17) is 14.2 Å². The smallest absolute Gasteiger partial charge is 0.433 e. The third-order valence-corrected chi connectivity index (χ3v) is 10.8. The van der Waals surface area contributed by atoms with Gasteiger partial charge >= 0.3 is 6.16 Å². The molecule has 0 saturated heterocycles. The van der Waals surface area contributed by atoms with Gasteiger partial charge in [-0.1, -0.05) is 144 Å². The fraction of sp³-hybridized carbons (Fsp3) is 0.977. The molecule has 0 bridgehead atoms. The van der Waals surface area contributed by atoms with Crippen LogP contribution in [0.25, 0.3) is 0 Å². The molecular formula is C44H90N2O5. The number of hydrogen-bond donors (Lipinski definition) is 1. The summed E-state index contributed by atoms with van der Waals surface area (Å²) in [5.74, 6) is 0.590. The maximum Gasteiger partial charge on any atom is 0.508 e. The monoisotopic (exact) mass is 727 g/mol. The van der Waals surface area contributed by atoms with E-state index in [0.29, 0.717) is 25.2 Å². The topological polar surface area (TPSA) is 71.5 Å². The summed E-state index contributed by atoms with van der Waals surface area (Å²) < 4.78 is 17.4. The van der Waals surface area contributed by atoms with Crippen molar-refractivity contribution in [2.24, 2.45) is 5.92 Å². The lowest BCUT2D eigenvalue weighted by atomic mass is 9.95. The second-order valence-electron chi connectivity index (χ2n) is 15.6. The minimum Gasteiger partial charge on any atom is -0.433 e. The summed E-state index contributed by atoms with van der Waals surface area (Å²) in [5.41, 5.74) is 0. The van der Waals surface area contributed by atoms with E-state index in [-0.39, 0.29) is 6.10 Å². The van der Waals surface area contributed by atoms with Gasteiger partial charge in [-0.05, 0) is 84.2 Å². The van der Waals surface area contributed by atoms with Crippen LogP contribution in [-0.2, 0) is 14.2 Å². The van der Waals surface area contributed by atoms with Gasteiger partial charge in [0, 0.05) is 25.7 Å². The number of ether oxygens (including phenoxy) is 3. The molecule has 7 nitrogen and oxygen atoms in total. The average molecular weight is 727 g/mol. The van der Waals surface area contributed by atoms with Crippen molar-refractivity contribution in [1.29, 1.82) is 0 Å². The summed E-state index contributed by atoms with van der Waals surface area (Å²) in [7, 11) is 0. The Bertz CT molecular complexity index is 706. The SMILES string of the molecule is CCCCCCCC(CCCCCCC)COC(O)CCCCCCCCC(CCCCCC)OC(=O)OCCN(CCN(CC)CC)C(C)C. The first kappa shape index (κ1) is 50.1. The van der Waals surface area contributed by atoms with Gasteiger partial charge in [-0.15, -0.1) is 0 Å². The molecule has 7 heteroatoms. The second-order valence-corrected chi connectivity index (χ2v) is 15.6. The van der Waals surface area contributed by atoms with Crippen molar-refractivity contribution >= 4 is 6.16 Å². The summed E-state index contributed by atoms with van der Waals surface area (Å²) >= 11 is 0. The van der Waals surface area contributed by atoms with Crippen LogP contribution in [0.3, 0.4) is 0 Å². The highest BCUT2D eigenvalue weighted by Gasteiger charge is 2.17. The molecule has 0 amide bonds. The molecule has 0 aliphatic heterocycles. The summed E-state index contributed by atoms with van der Waals surface area (Å²) in [5, 5.41) is 10.5. The molecule has 0 radical (unpaired) electrons. The Hall–Kier alpha value is -0.890. The number of unbranched alkanes of at least 4 members (excludes halogenated alkanes) is 16. The van der Waals surface area contributed by atoms with E-state index in [9.17, 15) is 9.90 Å². The highest BCUT2D eigenvalue weighted by molar-refractivity contribution is 5.60. The standard InChI is InChI=1S/C44H90N2O5/c1-8-13-16-21-25-30-41(31-26-22-17-14-9-2)39-50-43(47)34-29-24-20-19-23-28-33-42(32-27-18-15-10-3)51-44(48)49-38-37-46(40(6)7)36-35-45(11-4)12-5/h40-43,47H,8-39H2,1-7H3. The minimum atomic E-state index is -0.626.